The molecule has 0 aromatic heterocycles. The summed E-state index contributed by atoms with van der Waals surface area (Å²) >= 11 is 0. The number of methoxy groups -OCH3 is 1. The minimum atomic E-state index is -0.253. The van der Waals surface area contributed by atoms with Crippen LogP contribution < -0.4 is 0 Å². The van der Waals surface area contributed by atoms with E-state index in [4.69, 9.17) is 0 Å². The largest absolute Gasteiger partial charge is 0.469 e. The van der Waals surface area contributed by atoms with Crippen molar-refractivity contribution < 1.29 is 14.3 Å². The Labute approximate surface area is 113 Å². The Morgan fingerprint density at radius 2 is 1.84 bits per heavy atom. The molecule has 0 saturated heterocycles. The van der Waals surface area contributed by atoms with Crippen LogP contribution in [0.3, 0.4) is 0 Å². The maximum atomic E-state index is 12.3. The van der Waals surface area contributed by atoms with Crippen LogP contribution in [-0.4, -0.2) is 18.9 Å². The van der Waals surface area contributed by atoms with E-state index in [1.165, 1.54) is 31.1 Å². The Hall–Kier alpha value is -1.64. The van der Waals surface area contributed by atoms with Crippen LogP contribution in [0.25, 0.3) is 0 Å². The van der Waals surface area contributed by atoms with Gasteiger partial charge in [-0.1, -0.05) is 12.1 Å². The molecular weight excluding hydrogens is 240 g/mol. The second-order valence-corrected chi connectivity index (χ2v) is 5.53. The minimum absolute atomic E-state index is 0.101. The van der Waals surface area contributed by atoms with Crippen LogP contribution in [0.2, 0.25) is 0 Å². The summed E-state index contributed by atoms with van der Waals surface area (Å²) in [4.78, 5) is 23.7. The maximum Gasteiger partial charge on any atom is 0.309 e. The molecule has 0 spiro atoms. The number of ether oxygens (including phenoxy) is 1. The zero-order valence-corrected chi connectivity index (χ0v) is 11.1. The van der Waals surface area contributed by atoms with Crippen LogP contribution in [0, 0.1) is 11.8 Å². The van der Waals surface area contributed by atoms with Crippen molar-refractivity contribution in [1.82, 2.24) is 0 Å². The molecule has 2 aliphatic rings. The normalized spacial score (nSPS) is 24.5. The molecule has 0 heterocycles. The van der Waals surface area contributed by atoms with E-state index >= 15 is 0 Å². The monoisotopic (exact) mass is 258 g/mol. The second kappa shape index (κ2) is 4.80. The molecule has 2 aliphatic carbocycles. The number of aryl methyl sites for hydroxylation is 2. The lowest BCUT2D eigenvalue weighted by Gasteiger charge is -2.16. The molecule has 19 heavy (non-hydrogen) atoms. The average Bonchev–Trinajstić information content (AvgIpc) is 3.25. The molecule has 0 N–H and O–H groups in total. The van der Waals surface area contributed by atoms with Gasteiger partial charge in [0.25, 0.3) is 0 Å². The van der Waals surface area contributed by atoms with Gasteiger partial charge in [0.2, 0.25) is 0 Å². The highest BCUT2D eigenvalue weighted by Gasteiger charge is 2.48. The molecule has 2 unspecified atom stereocenters. The van der Waals surface area contributed by atoms with Crippen LogP contribution in [-0.2, 0) is 22.4 Å². The van der Waals surface area contributed by atoms with E-state index in [0.717, 1.165) is 18.4 Å². The quantitative estimate of drug-likeness (QED) is 0.618. The highest BCUT2D eigenvalue weighted by atomic mass is 16.5. The van der Waals surface area contributed by atoms with Crippen molar-refractivity contribution in [3.8, 4) is 0 Å². The molecule has 0 aliphatic heterocycles. The topological polar surface area (TPSA) is 43.4 Å². The first kappa shape index (κ1) is 12.4. The van der Waals surface area contributed by atoms with Gasteiger partial charge in [-0.05, 0) is 49.3 Å². The number of hydrogen-bond donors (Lipinski definition) is 0. The van der Waals surface area contributed by atoms with E-state index < -0.39 is 0 Å². The van der Waals surface area contributed by atoms with Gasteiger partial charge in [0.05, 0.1) is 13.0 Å². The van der Waals surface area contributed by atoms with Crippen LogP contribution in [0.1, 0.15) is 40.7 Å². The summed E-state index contributed by atoms with van der Waals surface area (Å²) in [6.07, 6.45) is 5.29. The lowest BCUT2D eigenvalue weighted by molar-refractivity contribution is -0.142. The van der Waals surface area contributed by atoms with Crippen molar-refractivity contribution >= 4 is 11.8 Å². The molecular formula is C16H18O3. The number of ketones is 1. The Morgan fingerprint density at radius 3 is 2.58 bits per heavy atom. The summed E-state index contributed by atoms with van der Waals surface area (Å²) < 4.78 is 4.69. The molecule has 2 atom stereocenters. The summed E-state index contributed by atoms with van der Waals surface area (Å²) in [5.41, 5.74) is 3.45. The zero-order chi connectivity index (χ0) is 13.4. The van der Waals surface area contributed by atoms with Crippen LogP contribution in [0.15, 0.2) is 18.2 Å². The fourth-order valence-corrected chi connectivity index (χ4v) is 3.00. The molecule has 100 valence electrons. The van der Waals surface area contributed by atoms with Gasteiger partial charge >= 0.3 is 5.97 Å². The number of benzene rings is 1. The van der Waals surface area contributed by atoms with Crippen molar-refractivity contribution in [2.24, 2.45) is 11.8 Å². The lowest BCUT2D eigenvalue weighted by Crippen LogP contribution is -2.11. The van der Waals surface area contributed by atoms with Crippen LogP contribution in [0.4, 0.5) is 0 Å². The first-order chi connectivity index (χ1) is 9.20. The molecule has 0 bridgehead atoms. The molecule has 3 nitrogen and oxygen atoms in total. The predicted molar refractivity (Wildman–Crippen MR) is 71.0 cm³/mol. The Kier molecular flexibility index (Phi) is 3.13. The highest BCUT2D eigenvalue weighted by molar-refractivity contribution is 6.03. The summed E-state index contributed by atoms with van der Waals surface area (Å²) in [7, 11) is 1.38. The number of hydrogen-bond acceptors (Lipinski definition) is 3. The molecule has 0 radical (unpaired) electrons. The van der Waals surface area contributed by atoms with Gasteiger partial charge in [-0.15, -0.1) is 0 Å². The number of carbonyl (C=O) groups excluding carboxylic acids is 2. The van der Waals surface area contributed by atoms with E-state index in [1.54, 1.807) is 0 Å². The van der Waals surface area contributed by atoms with E-state index in [-0.39, 0.29) is 23.6 Å². The van der Waals surface area contributed by atoms with Gasteiger partial charge in [-0.2, -0.15) is 0 Å². The second-order valence-electron chi connectivity index (χ2n) is 5.53. The van der Waals surface area contributed by atoms with Gasteiger partial charge in [0.1, 0.15) is 0 Å². The summed E-state index contributed by atoms with van der Waals surface area (Å²) in [6.45, 7) is 0. The minimum Gasteiger partial charge on any atom is -0.469 e. The molecule has 1 fully saturated rings. The van der Waals surface area contributed by atoms with Crippen molar-refractivity contribution in [3.05, 3.63) is 34.9 Å². The molecule has 3 heteroatoms. The average molecular weight is 258 g/mol. The van der Waals surface area contributed by atoms with Crippen LogP contribution in [0.5, 0.6) is 0 Å². The maximum absolute atomic E-state index is 12.3. The number of carbonyl (C=O) groups is 2. The third-order valence-electron chi connectivity index (χ3n) is 4.26. The fourth-order valence-electron chi connectivity index (χ4n) is 3.00. The smallest absolute Gasteiger partial charge is 0.309 e. The summed E-state index contributed by atoms with van der Waals surface area (Å²) in [5, 5.41) is 0. The molecule has 1 aromatic rings. The predicted octanol–water partition coefficient (Wildman–Crippen LogP) is 2.56. The van der Waals surface area contributed by atoms with Gasteiger partial charge in [-0.3, -0.25) is 9.59 Å². The lowest BCUT2D eigenvalue weighted by atomic mass is 9.89. The van der Waals surface area contributed by atoms with Crippen molar-refractivity contribution in [2.45, 2.75) is 32.1 Å². The van der Waals surface area contributed by atoms with E-state index in [2.05, 4.69) is 10.8 Å². The fraction of sp³-hybridized carbons (Fsp3) is 0.500. The number of rotatable bonds is 3. The summed E-state index contributed by atoms with van der Waals surface area (Å²) in [5.74, 6) is -0.525. The van der Waals surface area contributed by atoms with Gasteiger partial charge in [0.15, 0.2) is 5.78 Å². The molecule has 0 amide bonds. The SMILES string of the molecule is COC(=O)C1CC1C(=O)c1ccc2c(c1)CCCC2. The molecule has 1 saturated carbocycles. The van der Waals surface area contributed by atoms with Crippen LogP contribution >= 0.6 is 0 Å². The molecule has 1 aromatic carbocycles. The number of Topliss-reactive ketones (excluding diaryl/α,β-unsaturated/α-hetero) is 1. The Balaban J connectivity index is 1.76. The van der Waals surface area contributed by atoms with Crippen molar-refractivity contribution in [1.29, 1.82) is 0 Å². The number of esters is 1. The van der Waals surface area contributed by atoms with Crippen molar-refractivity contribution in [3.63, 3.8) is 0 Å². The van der Waals surface area contributed by atoms with Gasteiger partial charge in [-0.25, -0.2) is 0 Å². The van der Waals surface area contributed by atoms with Gasteiger partial charge in [0, 0.05) is 11.5 Å². The first-order valence-corrected chi connectivity index (χ1v) is 6.94. The Morgan fingerprint density at radius 1 is 1.11 bits per heavy atom. The first-order valence-electron chi connectivity index (χ1n) is 6.94. The summed E-state index contributed by atoms with van der Waals surface area (Å²) in [6, 6.07) is 6.03. The third-order valence-corrected chi connectivity index (χ3v) is 4.26. The highest BCUT2D eigenvalue weighted by Crippen LogP contribution is 2.42. The van der Waals surface area contributed by atoms with E-state index in [9.17, 15) is 9.59 Å². The third kappa shape index (κ3) is 2.29. The zero-order valence-electron chi connectivity index (χ0n) is 11.1. The Bertz CT molecular complexity index is 533. The van der Waals surface area contributed by atoms with Crippen molar-refractivity contribution in [2.75, 3.05) is 7.11 Å². The number of fused-ring (bicyclic) bond motifs is 1. The van der Waals surface area contributed by atoms with E-state index in [1.807, 2.05) is 12.1 Å². The molecule has 3 rings (SSSR count). The standard InChI is InChI=1S/C16H18O3/c1-19-16(18)14-9-13(14)15(17)12-7-6-10-4-2-3-5-11(10)8-12/h6-8,13-14H,2-5,9H2,1H3. The van der Waals surface area contributed by atoms with Gasteiger partial charge < -0.3 is 4.74 Å². The van der Waals surface area contributed by atoms with E-state index in [0.29, 0.717) is 6.42 Å².